The number of hydrogen-bond acceptors (Lipinski definition) is 6. The second kappa shape index (κ2) is 14.0. The van der Waals surface area contributed by atoms with Gasteiger partial charge in [0.05, 0.1) is 0 Å². The first-order valence-electron chi connectivity index (χ1n) is 21.2. The molecular weight excluding hydrogens is 775 g/mol. The van der Waals surface area contributed by atoms with Gasteiger partial charge in [-0.25, -0.2) is 9.98 Å². The number of nitrogens with one attached hydrogen (secondary N) is 1. The molecule has 13 rings (SSSR count). The summed E-state index contributed by atoms with van der Waals surface area (Å²) in [6.07, 6.45) is -0.519. The molecule has 0 amide bonds. The van der Waals surface area contributed by atoms with E-state index >= 15 is 0 Å². The molecule has 0 radical (unpaired) electrons. The van der Waals surface area contributed by atoms with Gasteiger partial charge < -0.3 is 18.6 Å². The maximum absolute atomic E-state index is 6.59. The van der Waals surface area contributed by atoms with E-state index in [0.29, 0.717) is 5.84 Å². The fourth-order valence-electron chi connectivity index (χ4n) is 9.41. The molecule has 63 heavy (non-hydrogen) atoms. The van der Waals surface area contributed by atoms with Crippen molar-refractivity contribution in [1.82, 2.24) is 5.32 Å². The van der Waals surface area contributed by atoms with Crippen molar-refractivity contribution in [3.63, 3.8) is 0 Å². The minimum Gasteiger partial charge on any atom is -0.456 e. The summed E-state index contributed by atoms with van der Waals surface area (Å²) in [6.45, 7) is 0. The molecule has 0 aliphatic carbocycles. The van der Waals surface area contributed by atoms with Gasteiger partial charge in [0.2, 0.25) is 0 Å². The molecule has 6 heteroatoms. The highest BCUT2D eigenvalue weighted by atomic mass is 16.3. The number of fused-ring (bicyclic) bond motifs is 9. The maximum Gasteiger partial charge on any atom is 0.169 e. The number of aliphatic imine (C=N–C) groups is 2. The topological polar surface area (TPSA) is 76.2 Å². The van der Waals surface area contributed by atoms with Crippen molar-refractivity contribution in [1.29, 1.82) is 0 Å². The number of amidine groups is 2. The fourth-order valence-corrected chi connectivity index (χ4v) is 9.41. The molecular formula is C57H35N3O3. The quantitative estimate of drug-likeness (QED) is 0.181. The fraction of sp³-hybridized carbons (Fsp3) is 0.0175. The lowest BCUT2D eigenvalue weighted by molar-refractivity contribution is 0.665. The molecule has 1 aliphatic heterocycles. The highest BCUT2D eigenvalue weighted by Crippen LogP contribution is 2.43. The van der Waals surface area contributed by atoms with Crippen LogP contribution in [-0.4, -0.2) is 11.7 Å². The first kappa shape index (κ1) is 35.3. The lowest BCUT2D eigenvalue weighted by atomic mass is 9.91. The van der Waals surface area contributed by atoms with Gasteiger partial charge in [0.25, 0.3) is 0 Å². The molecule has 3 aromatic heterocycles. The molecule has 0 spiro atoms. The highest BCUT2D eigenvalue weighted by Gasteiger charge is 2.24. The normalized spacial score (nSPS) is 14.2. The van der Waals surface area contributed by atoms with Crippen LogP contribution in [0.3, 0.4) is 0 Å². The van der Waals surface area contributed by atoms with Gasteiger partial charge in [-0.15, -0.1) is 0 Å². The van der Waals surface area contributed by atoms with E-state index in [1.807, 2.05) is 48.5 Å². The van der Waals surface area contributed by atoms with E-state index in [1.54, 1.807) is 0 Å². The molecule has 1 N–H and O–H groups in total. The first-order valence-corrected chi connectivity index (χ1v) is 21.2. The van der Waals surface area contributed by atoms with Crippen LogP contribution < -0.4 is 5.32 Å². The zero-order chi connectivity index (χ0) is 41.4. The zero-order valence-corrected chi connectivity index (χ0v) is 33.7. The predicted molar refractivity (Wildman–Crippen MR) is 256 cm³/mol. The molecule has 9 aromatic carbocycles. The van der Waals surface area contributed by atoms with Crippen LogP contribution in [0.5, 0.6) is 0 Å². The number of para-hydroxylation sites is 1. The lowest BCUT2D eigenvalue weighted by Crippen LogP contribution is -2.36. The van der Waals surface area contributed by atoms with Crippen molar-refractivity contribution in [2.24, 2.45) is 9.98 Å². The zero-order valence-electron chi connectivity index (χ0n) is 33.7. The van der Waals surface area contributed by atoms with Gasteiger partial charge in [-0.1, -0.05) is 152 Å². The van der Waals surface area contributed by atoms with Crippen LogP contribution in [0.2, 0.25) is 0 Å². The summed E-state index contributed by atoms with van der Waals surface area (Å²) < 4.78 is 19.4. The first-order chi connectivity index (χ1) is 31.2. The Morgan fingerprint density at radius 1 is 0.317 bits per heavy atom. The smallest absolute Gasteiger partial charge is 0.169 e. The van der Waals surface area contributed by atoms with Crippen LogP contribution in [0.15, 0.2) is 223 Å². The Balaban J connectivity index is 0.894. The Labute approximate surface area is 361 Å². The Morgan fingerprint density at radius 3 is 1.70 bits per heavy atom. The molecule has 12 aromatic rings. The van der Waals surface area contributed by atoms with Gasteiger partial charge in [0.1, 0.15) is 45.2 Å². The lowest BCUT2D eigenvalue weighted by Gasteiger charge is -2.22. The molecule has 0 saturated carbocycles. The number of benzene rings is 9. The van der Waals surface area contributed by atoms with Crippen molar-refractivity contribution in [3.8, 4) is 33.4 Å². The molecule has 0 bridgehead atoms. The average molecular weight is 810 g/mol. The third-order valence-electron chi connectivity index (χ3n) is 12.4. The standard InChI is InChI=1S/C57H35N3O3/c1-3-13-34(14-4-1)40-20-11-23-49-53(40)45-29-26-38(33-52(45)63-49)57-59-55(35-15-5-2-6-16-35)58-56(60-57)37-25-28-42-46-31-36(27-30-48(46)62-51(42)32-37)39-17-7-8-18-41(39)43-21-12-24-50-54(43)44-19-9-10-22-47(44)61-50/h1-33,56H,(H,58,59,60). The minimum absolute atomic E-state index is 0.519. The Hall–Kier alpha value is -8.48. The molecule has 296 valence electrons. The average Bonchev–Trinajstić information content (AvgIpc) is 4.05. The van der Waals surface area contributed by atoms with Gasteiger partial charge in [-0.05, 0) is 81.9 Å². The van der Waals surface area contributed by atoms with E-state index in [2.05, 4.69) is 157 Å². The van der Waals surface area contributed by atoms with Gasteiger partial charge >= 0.3 is 0 Å². The van der Waals surface area contributed by atoms with Crippen molar-refractivity contribution in [2.45, 2.75) is 6.17 Å². The van der Waals surface area contributed by atoms with Crippen molar-refractivity contribution < 1.29 is 13.3 Å². The number of nitrogens with zero attached hydrogens (tertiary/aromatic N) is 2. The van der Waals surface area contributed by atoms with E-state index in [4.69, 9.17) is 23.2 Å². The Bertz CT molecular complexity index is 3840. The van der Waals surface area contributed by atoms with Crippen LogP contribution in [0.25, 0.3) is 99.2 Å². The molecule has 1 aliphatic rings. The molecule has 4 heterocycles. The van der Waals surface area contributed by atoms with Crippen LogP contribution in [-0.2, 0) is 0 Å². The Kier molecular flexibility index (Phi) is 7.87. The highest BCUT2D eigenvalue weighted by molar-refractivity contribution is 6.19. The summed E-state index contributed by atoms with van der Waals surface area (Å²) in [5.74, 6) is 1.46. The molecule has 0 saturated heterocycles. The van der Waals surface area contributed by atoms with Crippen molar-refractivity contribution >= 4 is 77.5 Å². The Morgan fingerprint density at radius 2 is 0.873 bits per heavy atom. The van der Waals surface area contributed by atoms with Crippen LogP contribution in [0, 0.1) is 0 Å². The van der Waals surface area contributed by atoms with Crippen LogP contribution in [0.4, 0.5) is 0 Å². The van der Waals surface area contributed by atoms with Gasteiger partial charge in [-0.2, -0.15) is 0 Å². The second-order valence-electron chi connectivity index (χ2n) is 16.1. The summed E-state index contributed by atoms with van der Waals surface area (Å²) in [5.41, 5.74) is 14.7. The predicted octanol–water partition coefficient (Wildman–Crippen LogP) is 14.9. The van der Waals surface area contributed by atoms with Gasteiger partial charge in [0, 0.05) is 49.0 Å². The maximum atomic E-state index is 6.59. The number of rotatable bonds is 6. The molecule has 1 atom stereocenters. The monoisotopic (exact) mass is 809 g/mol. The van der Waals surface area contributed by atoms with E-state index in [1.165, 1.54) is 0 Å². The van der Waals surface area contributed by atoms with Crippen LogP contribution in [0.1, 0.15) is 22.9 Å². The second-order valence-corrected chi connectivity index (χ2v) is 16.1. The third-order valence-corrected chi connectivity index (χ3v) is 12.4. The SMILES string of the molecule is c1ccc(C2=NC(c3ccc4c(c3)oc3ccc(-c5ccccc5-c5cccc6oc7ccccc7c56)cc34)N=C(c3ccc4c(c3)oc3cccc(-c5ccccc5)c34)N2)cc1. The van der Waals surface area contributed by atoms with Gasteiger partial charge in [0.15, 0.2) is 6.17 Å². The molecule has 6 nitrogen and oxygen atoms in total. The number of furan rings is 3. The third kappa shape index (κ3) is 5.80. The van der Waals surface area contributed by atoms with E-state index in [0.717, 1.165) is 122 Å². The summed E-state index contributed by atoms with van der Waals surface area (Å²) in [7, 11) is 0. The number of hydrogen-bond donors (Lipinski definition) is 1. The largest absolute Gasteiger partial charge is 0.456 e. The van der Waals surface area contributed by atoms with Crippen LogP contribution >= 0.6 is 0 Å². The van der Waals surface area contributed by atoms with E-state index < -0.39 is 6.17 Å². The minimum atomic E-state index is -0.519. The summed E-state index contributed by atoms with van der Waals surface area (Å²) in [4.78, 5) is 10.4. The van der Waals surface area contributed by atoms with Crippen molar-refractivity contribution in [3.05, 3.63) is 217 Å². The van der Waals surface area contributed by atoms with Crippen molar-refractivity contribution in [2.75, 3.05) is 0 Å². The van der Waals surface area contributed by atoms with Gasteiger partial charge in [-0.3, -0.25) is 0 Å². The van der Waals surface area contributed by atoms with E-state index in [9.17, 15) is 0 Å². The molecule has 1 unspecified atom stereocenters. The summed E-state index contributed by atoms with van der Waals surface area (Å²) in [6, 6.07) is 69.2. The van der Waals surface area contributed by atoms with E-state index in [-0.39, 0.29) is 0 Å². The molecule has 0 fully saturated rings. The summed E-state index contributed by atoms with van der Waals surface area (Å²) in [5, 5.41) is 10.0. The summed E-state index contributed by atoms with van der Waals surface area (Å²) >= 11 is 0.